The van der Waals surface area contributed by atoms with Crippen LogP contribution in [0.4, 0.5) is 0 Å². The van der Waals surface area contributed by atoms with E-state index in [2.05, 4.69) is 85.8 Å². The van der Waals surface area contributed by atoms with Crippen molar-refractivity contribution in [2.24, 2.45) is 0 Å². The molecule has 0 aliphatic carbocycles. The summed E-state index contributed by atoms with van der Waals surface area (Å²) < 4.78 is 0.661. The van der Waals surface area contributed by atoms with Gasteiger partial charge >= 0.3 is 227 Å². The van der Waals surface area contributed by atoms with Crippen LogP contribution >= 0.6 is 11.6 Å². The van der Waals surface area contributed by atoms with Crippen LogP contribution < -0.4 is 0 Å². The summed E-state index contributed by atoms with van der Waals surface area (Å²) in [6, 6.07) is 39.9. The van der Waals surface area contributed by atoms with Gasteiger partial charge in [-0.15, -0.1) is 0 Å². The van der Waals surface area contributed by atoms with Crippen LogP contribution in [0, 0.1) is 22.7 Å². The molecule has 0 fully saturated rings. The van der Waals surface area contributed by atoms with Crippen molar-refractivity contribution in [3.05, 3.63) is 130 Å². The van der Waals surface area contributed by atoms with E-state index in [4.69, 9.17) is 11.6 Å². The third kappa shape index (κ3) is 6.68. The average molecular weight is 551 g/mol. The molecule has 36 heavy (non-hydrogen) atoms. The Morgan fingerprint density at radius 1 is 0.778 bits per heavy atom. The molecule has 4 aromatic carbocycles. The fourth-order valence-electron chi connectivity index (χ4n) is 4.66. The van der Waals surface area contributed by atoms with Crippen LogP contribution in [-0.4, -0.2) is 15.8 Å². The van der Waals surface area contributed by atoms with Crippen LogP contribution in [0.3, 0.4) is 0 Å². The molecule has 4 rings (SSSR count). The predicted molar refractivity (Wildman–Crippen MR) is 150 cm³/mol. The molecule has 178 valence electrons. The maximum atomic E-state index is 9.70. The molecule has 0 aliphatic rings. The number of nitriles is 2. The molecular weight excluding hydrogens is 523 g/mol. The Balaban J connectivity index is 1.64. The van der Waals surface area contributed by atoms with Gasteiger partial charge in [-0.05, 0) is 0 Å². The summed E-state index contributed by atoms with van der Waals surface area (Å²) in [5, 5.41) is 19.9. The van der Waals surface area contributed by atoms with Crippen LogP contribution in [0.15, 0.2) is 103 Å². The van der Waals surface area contributed by atoms with Crippen molar-refractivity contribution in [2.75, 3.05) is 0 Å². The summed E-state index contributed by atoms with van der Waals surface area (Å²) in [7, 11) is 0. The van der Waals surface area contributed by atoms with Gasteiger partial charge in [-0.1, -0.05) is 0 Å². The number of benzene rings is 4. The second kappa shape index (κ2) is 12.6. The normalized spacial score (nSPS) is 13.6. The summed E-state index contributed by atoms with van der Waals surface area (Å²) in [5.74, 6) is 0.262. The summed E-state index contributed by atoms with van der Waals surface area (Å²) in [5.41, 5.74) is 6.74. The first kappa shape index (κ1) is 25.8. The van der Waals surface area contributed by atoms with Crippen LogP contribution in [0.25, 0.3) is 11.1 Å². The molecule has 0 saturated heterocycles. The van der Waals surface area contributed by atoms with E-state index in [1.54, 1.807) is 0 Å². The van der Waals surface area contributed by atoms with Gasteiger partial charge in [0.05, 0.1) is 0 Å². The van der Waals surface area contributed by atoms with E-state index in [9.17, 15) is 10.5 Å². The molecular formula is C32H28AsClN2. The van der Waals surface area contributed by atoms with E-state index in [1.165, 1.54) is 27.8 Å². The molecule has 2 unspecified atom stereocenters. The third-order valence-corrected chi connectivity index (χ3v) is 10.7. The van der Waals surface area contributed by atoms with Crippen molar-refractivity contribution in [3.63, 3.8) is 0 Å². The molecule has 0 bridgehead atoms. The zero-order valence-corrected chi connectivity index (χ0v) is 23.1. The average Bonchev–Trinajstić information content (AvgIpc) is 2.93. The molecule has 0 aliphatic heterocycles. The molecule has 0 N–H and O–H groups in total. The van der Waals surface area contributed by atoms with Gasteiger partial charge in [0.15, 0.2) is 0 Å². The Hall–Kier alpha value is -3.29. The van der Waals surface area contributed by atoms with Gasteiger partial charge in [-0.2, -0.15) is 0 Å². The van der Waals surface area contributed by atoms with Crippen LogP contribution in [0.1, 0.15) is 46.2 Å². The van der Waals surface area contributed by atoms with Crippen LogP contribution in [-0.2, 0) is 6.42 Å². The van der Waals surface area contributed by atoms with Gasteiger partial charge in [0.25, 0.3) is 0 Å². The molecule has 4 atom stereocenters. The Bertz CT molecular complexity index is 1370. The summed E-state index contributed by atoms with van der Waals surface area (Å²) >= 11 is 5.57. The first-order chi connectivity index (χ1) is 17.6. The van der Waals surface area contributed by atoms with E-state index < -0.39 is 15.8 Å². The Kier molecular flexibility index (Phi) is 9.03. The molecule has 0 aromatic heterocycles. The first-order valence-corrected chi connectivity index (χ1v) is 14.9. The molecule has 2 nitrogen and oxygen atoms in total. The predicted octanol–water partition coefficient (Wildman–Crippen LogP) is 8.10. The molecule has 0 heterocycles. The molecule has 0 spiro atoms. The third-order valence-electron chi connectivity index (χ3n) is 6.57. The first-order valence-electron chi connectivity index (χ1n) is 12.1. The number of halogens is 1. The van der Waals surface area contributed by atoms with Crippen molar-refractivity contribution in [3.8, 4) is 23.3 Å². The van der Waals surface area contributed by atoms with E-state index in [-0.39, 0.29) is 10.6 Å². The van der Waals surface area contributed by atoms with Gasteiger partial charge in [-0.25, -0.2) is 0 Å². The fourth-order valence-corrected chi connectivity index (χ4v) is 8.48. The monoisotopic (exact) mass is 550 g/mol. The Morgan fingerprint density at radius 3 is 2.19 bits per heavy atom. The minimum atomic E-state index is -0.561. The minimum absolute atomic E-state index is 0.250. The van der Waals surface area contributed by atoms with Crippen molar-refractivity contribution in [1.29, 1.82) is 10.5 Å². The van der Waals surface area contributed by atoms with Crippen molar-refractivity contribution >= 4 is 27.4 Å². The topological polar surface area (TPSA) is 47.6 Å². The van der Waals surface area contributed by atoms with Crippen molar-refractivity contribution in [1.82, 2.24) is 0 Å². The van der Waals surface area contributed by atoms with Gasteiger partial charge in [-0.3, -0.25) is 0 Å². The van der Waals surface area contributed by atoms with Gasteiger partial charge in [0.1, 0.15) is 0 Å². The second-order valence-corrected chi connectivity index (χ2v) is 13.5. The van der Waals surface area contributed by atoms with Gasteiger partial charge < -0.3 is 0 Å². The number of nitrogens with zero attached hydrogens (tertiary/aromatic N) is 2. The Labute approximate surface area is 225 Å². The second-order valence-electron chi connectivity index (χ2n) is 9.04. The van der Waals surface area contributed by atoms with E-state index in [0.29, 0.717) is 16.7 Å². The molecule has 0 amide bonds. The molecule has 4 aromatic rings. The summed E-state index contributed by atoms with van der Waals surface area (Å²) in [6.45, 7) is 2.32. The standard InChI is InChI=1S/C32H28AsClN2/c1-23(31(20-24-13-15-30(34)16-14-24)28-11-5-7-25(19-28)22-36)33-32(17-18-35)29-12-6-10-27(21-29)26-8-3-2-4-9-26/h2-16,19,21,23,31-33H,17,20H2,1H3/t23-,31+,32?/m0/s1. The van der Waals surface area contributed by atoms with Crippen molar-refractivity contribution in [2.45, 2.75) is 35.1 Å². The van der Waals surface area contributed by atoms with E-state index in [1.807, 2.05) is 36.4 Å². The van der Waals surface area contributed by atoms with E-state index in [0.717, 1.165) is 11.4 Å². The van der Waals surface area contributed by atoms with Crippen LogP contribution in [0.2, 0.25) is 9.73 Å². The van der Waals surface area contributed by atoms with Crippen molar-refractivity contribution < 1.29 is 0 Å². The quantitative estimate of drug-likeness (QED) is 0.198. The maximum absolute atomic E-state index is 9.70. The zero-order valence-electron chi connectivity index (χ0n) is 20.2. The number of rotatable bonds is 9. The summed E-state index contributed by atoms with van der Waals surface area (Å²) in [6.07, 6.45) is 1.40. The molecule has 0 radical (unpaired) electrons. The number of hydrogen-bond donors (Lipinski definition) is 0. The molecule has 4 heteroatoms. The van der Waals surface area contributed by atoms with Gasteiger partial charge in [0.2, 0.25) is 0 Å². The molecule has 0 saturated carbocycles. The zero-order chi connectivity index (χ0) is 25.3. The number of hydrogen-bond acceptors (Lipinski definition) is 2. The fraction of sp³-hybridized carbons (Fsp3) is 0.188. The SMILES string of the molecule is C[C@H]([AsH]C(CC#N)c1cccc(-c2ccccc2)c1)[C@@H](Cc1ccc(Cl)cc1)c1cccc(C#N)c1. The van der Waals surface area contributed by atoms with E-state index >= 15 is 0 Å². The Morgan fingerprint density at radius 2 is 1.47 bits per heavy atom. The van der Waals surface area contributed by atoms with Crippen LogP contribution in [0.5, 0.6) is 0 Å². The summed E-state index contributed by atoms with van der Waals surface area (Å²) in [4.78, 5) is 0. The van der Waals surface area contributed by atoms with Gasteiger partial charge in [0, 0.05) is 0 Å².